The van der Waals surface area contributed by atoms with Crippen LogP contribution < -0.4 is 9.62 Å². The average Bonchev–Trinajstić information content (AvgIpc) is 2.80. The highest BCUT2D eigenvalue weighted by molar-refractivity contribution is 8.04. The van der Waals surface area contributed by atoms with Crippen LogP contribution in [0.25, 0.3) is 17.3 Å². The topological polar surface area (TPSA) is 40.6 Å². The van der Waals surface area contributed by atoms with Gasteiger partial charge in [-0.05, 0) is 44.5 Å². The number of nitrogens with zero attached hydrogens (tertiary/aromatic N) is 3. The molecule has 0 unspecified atom stereocenters. The Hall–Kier alpha value is -1.47. The minimum atomic E-state index is 0.461. The van der Waals surface area contributed by atoms with Gasteiger partial charge >= 0.3 is 0 Å². The van der Waals surface area contributed by atoms with Crippen molar-refractivity contribution in [3.63, 3.8) is 0 Å². The Bertz CT molecular complexity index is 843. The molecular formula is C20H25ClN4OS. The summed E-state index contributed by atoms with van der Waals surface area (Å²) in [6.45, 7) is 5.87. The van der Waals surface area contributed by atoms with Crippen LogP contribution in [0.3, 0.4) is 0 Å². The Morgan fingerprint density at radius 3 is 3.04 bits per heavy atom. The molecule has 0 amide bonds. The number of ether oxygens (including phenoxy) is 1. The van der Waals surface area contributed by atoms with Gasteiger partial charge in [0.05, 0.1) is 17.1 Å². The van der Waals surface area contributed by atoms with E-state index in [0.717, 1.165) is 49.6 Å². The van der Waals surface area contributed by atoms with E-state index < -0.39 is 0 Å². The van der Waals surface area contributed by atoms with E-state index in [0.29, 0.717) is 11.2 Å². The number of rotatable bonds is 4. The van der Waals surface area contributed by atoms with Crippen LogP contribution in [0.5, 0.6) is 0 Å². The van der Waals surface area contributed by atoms with E-state index in [1.165, 1.54) is 16.2 Å². The summed E-state index contributed by atoms with van der Waals surface area (Å²) < 4.78 is 8.84. The van der Waals surface area contributed by atoms with Gasteiger partial charge in [-0.25, -0.2) is 4.98 Å². The monoisotopic (exact) mass is 404 g/mol. The normalized spacial score (nSPS) is 20.4. The standard InChI is InChI=1S/C20H25ClN4OS/c1-13-11-16-18(23-27-13)15-5-4-6-17(21)22-19(15)20(16)25-9-8-24(2)14(12-25)7-10-26-3/h4-6,11,14,23H,7-10,12H2,1-3H3/t14-/m0/s1. The first-order valence-electron chi connectivity index (χ1n) is 9.26. The predicted octanol–water partition coefficient (Wildman–Crippen LogP) is 4.43. The van der Waals surface area contributed by atoms with Crippen molar-refractivity contribution in [2.45, 2.75) is 19.4 Å². The van der Waals surface area contributed by atoms with Crippen LogP contribution in [0.1, 0.15) is 18.9 Å². The molecule has 3 heterocycles. The number of halogens is 1. The average molecular weight is 405 g/mol. The Kier molecular flexibility index (Phi) is 5.50. The van der Waals surface area contributed by atoms with E-state index in [1.54, 1.807) is 19.1 Å². The first-order valence-corrected chi connectivity index (χ1v) is 10.5. The fraction of sp³-hybridized carbons (Fsp3) is 0.450. The van der Waals surface area contributed by atoms with Gasteiger partial charge in [0.1, 0.15) is 5.15 Å². The number of likely N-dealkylation sites (N-methyl/N-ethyl adjacent to an activating group) is 1. The van der Waals surface area contributed by atoms with Crippen molar-refractivity contribution in [3.8, 4) is 11.3 Å². The van der Waals surface area contributed by atoms with Gasteiger partial charge < -0.3 is 14.4 Å². The molecule has 1 N–H and O–H groups in total. The number of allylic oxidation sites excluding steroid dienone is 1. The van der Waals surface area contributed by atoms with E-state index in [2.05, 4.69) is 40.6 Å². The Balaban J connectivity index is 1.80. The smallest absolute Gasteiger partial charge is 0.129 e. The third-order valence-corrected chi connectivity index (χ3v) is 6.36. The van der Waals surface area contributed by atoms with E-state index in [1.807, 2.05) is 12.1 Å². The van der Waals surface area contributed by atoms with Gasteiger partial charge in [0.2, 0.25) is 0 Å². The fourth-order valence-electron chi connectivity index (χ4n) is 3.93. The number of hydrogen-bond acceptors (Lipinski definition) is 6. The highest BCUT2D eigenvalue weighted by atomic mass is 35.5. The summed E-state index contributed by atoms with van der Waals surface area (Å²) in [6, 6.07) is 6.39. The van der Waals surface area contributed by atoms with Crippen molar-refractivity contribution in [1.29, 1.82) is 0 Å². The Labute approximate surface area is 170 Å². The molecule has 4 rings (SSSR count). The molecule has 0 aromatic rings. The summed E-state index contributed by atoms with van der Waals surface area (Å²) in [5.74, 6) is 0. The van der Waals surface area contributed by atoms with Gasteiger partial charge in [-0.1, -0.05) is 23.7 Å². The minimum Gasteiger partial charge on any atom is -0.385 e. The summed E-state index contributed by atoms with van der Waals surface area (Å²) in [7, 11) is 3.97. The summed E-state index contributed by atoms with van der Waals surface area (Å²) >= 11 is 7.99. The zero-order chi connectivity index (χ0) is 19.0. The van der Waals surface area contributed by atoms with Crippen LogP contribution in [-0.2, 0) is 4.74 Å². The van der Waals surface area contributed by atoms with E-state index in [-0.39, 0.29) is 0 Å². The van der Waals surface area contributed by atoms with E-state index in [4.69, 9.17) is 21.3 Å². The van der Waals surface area contributed by atoms with Crippen molar-refractivity contribution in [1.82, 2.24) is 9.88 Å². The van der Waals surface area contributed by atoms with Crippen molar-refractivity contribution < 1.29 is 4.74 Å². The zero-order valence-electron chi connectivity index (χ0n) is 16.0. The number of nitrogens with one attached hydrogen (secondary N) is 1. The van der Waals surface area contributed by atoms with Crippen molar-refractivity contribution in [2.75, 3.05) is 50.0 Å². The quantitative estimate of drug-likeness (QED) is 0.760. The third kappa shape index (κ3) is 3.63. The van der Waals surface area contributed by atoms with Crippen LogP contribution >= 0.6 is 23.5 Å². The van der Waals surface area contributed by atoms with Gasteiger partial charge in [-0.3, -0.25) is 4.90 Å². The molecule has 1 saturated heterocycles. The van der Waals surface area contributed by atoms with Crippen LogP contribution in [0, 0.1) is 0 Å². The summed E-state index contributed by atoms with van der Waals surface area (Å²) in [4.78, 5) is 10.9. The number of aromatic nitrogens is 1. The minimum absolute atomic E-state index is 0.461. The molecule has 3 aliphatic heterocycles. The molecule has 1 aliphatic carbocycles. The lowest BCUT2D eigenvalue weighted by Gasteiger charge is -2.41. The van der Waals surface area contributed by atoms with Gasteiger partial charge in [-0.2, -0.15) is 0 Å². The number of fused-ring (bicyclic) bond motifs is 3. The van der Waals surface area contributed by atoms with Gasteiger partial charge in [0.25, 0.3) is 0 Å². The molecule has 0 saturated carbocycles. The van der Waals surface area contributed by atoms with Gasteiger partial charge in [-0.15, -0.1) is 0 Å². The van der Waals surface area contributed by atoms with Crippen molar-refractivity contribution >= 4 is 41.0 Å². The molecule has 0 aromatic carbocycles. The molecule has 144 valence electrons. The molecule has 4 aliphatic rings. The number of methoxy groups -OCH3 is 1. The van der Waals surface area contributed by atoms with Crippen LogP contribution in [0.2, 0.25) is 5.15 Å². The second kappa shape index (κ2) is 7.87. The highest BCUT2D eigenvalue weighted by Gasteiger charge is 2.32. The molecular weight excluding hydrogens is 380 g/mol. The SMILES string of the molecule is COCC[C@H]1CN(c2c3nc(Cl)cccc-3c3c2C=C(C)SN3)CCN1C. The molecule has 1 fully saturated rings. The van der Waals surface area contributed by atoms with Crippen molar-refractivity contribution in [2.24, 2.45) is 0 Å². The second-order valence-corrected chi connectivity index (χ2v) is 8.62. The summed E-state index contributed by atoms with van der Waals surface area (Å²) in [6.07, 6.45) is 3.29. The van der Waals surface area contributed by atoms with Gasteiger partial charge in [0, 0.05) is 55.4 Å². The van der Waals surface area contributed by atoms with Gasteiger partial charge in [0.15, 0.2) is 0 Å². The summed E-state index contributed by atoms with van der Waals surface area (Å²) in [5, 5.41) is 0.520. The number of anilines is 2. The fourth-order valence-corrected chi connectivity index (χ4v) is 4.75. The molecule has 5 nitrogen and oxygen atoms in total. The van der Waals surface area contributed by atoms with E-state index >= 15 is 0 Å². The van der Waals surface area contributed by atoms with Crippen molar-refractivity contribution in [3.05, 3.63) is 33.8 Å². The Morgan fingerprint density at radius 1 is 1.37 bits per heavy atom. The highest BCUT2D eigenvalue weighted by Crippen LogP contribution is 2.50. The Morgan fingerprint density at radius 2 is 2.22 bits per heavy atom. The maximum absolute atomic E-state index is 6.33. The number of hydrogen-bond donors (Lipinski definition) is 1. The second-order valence-electron chi connectivity index (χ2n) is 7.18. The lowest BCUT2D eigenvalue weighted by Crippen LogP contribution is -2.52. The molecule has 27 heavy (non-hydrogen) atoms. The first kappa shape index (κ1) is 18.9. The molecule has 0 spiro atoms. The third-order valence-electron chi connectivity index (χ3n) is 5.40. The zero-order valence-corrected chi connectivity index (χ0v) is 17.5. The molecule has 7 heteroatoms. The summed E-state index contributed by atoms with van der Waals surface area (Å²) in [5.41, 5.74) is 5.66. The van der Waals surface area contributed by atoms with Crippen LogP contribution in [0.4, 0.5) is 11.4 Å². The maximum atomic E-state index is 6.33. The number of piperazine rings is 1. The predicted molar refractivity (Wildman–Crippen MR) is 116 cm³/mol. The molecule has 0 aromatic heterocycles. The first-order chi connectivity index (χ1) is 13.1. The van der Waals surface area contributed by atoms with E-state index in [9.17, 15) is 0 Å². The van der Waals surface area contributed by atoms with Crippen LogP contribution in [0.15, 0.2) is 23.1 Å². The molecule has 1 atom stereocenters. The molecule has 0 radical (unpaired) electrons. The maximum Gasteiger partial charge on any atom is 0.129 e. The lowest BCUT2D eigenvalue weighted by atomic mass is 10.1. The molecule has 0 bridgehead atoms. The lowest BCUT2D eigenvalue weighted by molar-refractivity contribution is 0.138. The van der Waals surface area contributed by atoms with Crippen LogP contribution in [-0.4, -0.2) is 56.3 Å². The largest absolute Gasteiger partial charge is 0.385 e.